The van der Waals surface area contributed by atoms with Gasteiger partial charge in [-0.05, 0) is 12.8 Å². The van der Waals surface area contributed by atoms with Crippen LogP contribution in [0.5, 0.6) is 0 Å². The van der Waals surface area contributed by atoms with Crippen molar-refractivity contribution >= 4 is 5.97 Å². The molecule has 0 radical (unpaired) electrons. The van der Waals surface area contributed by atoms with Gasteiger partial charge >= 0.3 is 5.97 Å². The zero-order valence-corrected chi connectivity index (χ0v) is 5.31. The van der Waals surface area contributed by atoms with E-state index in [4.69, 9.17) is 5.11 Å². The standard InChI is InChI=1S/C6H8F2O2/c7-4(8)3-6(1-2-6)5(9)10/h4H,1-3H2,(H,9,10). The van der Waals surface area contributed by atoms with Crippen LogP contribution >= 0.6 is 0 Å². The van der Waals surface area contributed by atoms with Gasteiger partial charge in [0.05, 0.1) is 5.41 Å². The highest BCUT2D eigenvalue weighted by Crippen LogP contribution is 2.50. The summed E-state index contributed by atoms with van der Waals surface area (Å²) in [4.78, 5) is 10.3. The van der Waals surface area contributed by atoms with Crippen LogP contribution in [0.25, 0.3) is 0 Å². The van der Waals surface area contributed by atoms with Crippen molar-refractivity contribution in [2.75, 3.05) is 0 Å². The van der Waals surface area contributed by atoms with E-state index in [0.717, 1.165) is 0 Å². The third kappa shape index (κ3) is 1.25. The summed E-state index contributed by atoms with van der Waals surface area (Å²) in [5.74, 6) is -1.08. The summed E-state index contributed by atoms with van der Waals surface area (Å²) in [5.41, 5.74) is -1.06. The first-order valence-corrected chi connectivity index (χ1v) is 3.08. The Morgan fingerprint density at radius 2 is 2.10 bits per heavy atom. The van der Waals surface area contributed by atoms with Gasteiger partial charge in [0.25, 0.3) is 0 Å². The average molecular weight is 150 g/mol. The number of aliphatic carboxylic acids is 1. The summed E-state index contributed by atoms with van der Waals surface area (Å²) in [6.45, 7) is 0. The SMILES string of the molecule is O=C(O)C1(CC(F)F)CC1. The van der Waals surface area contributed by atoms with Crippen molar-refractivity contribution in [3.05, 3.63) is 0 Å². The third-order valence-electron chi connectivity index (χ3n) is 1.85. The smallest absolute Gasteiger partial charge is 0.309 e. The molecule has 58 valence electrons. The van der Waals surface area contributed by atoms with Crippen molar-refractivity contribution in [3.8, 4) is 0 Å². The van der Waals surface area contributed by atoms with Gasteiger partial charge in [-0.3, -0.25) is 4.79 Å². The van der Waals surface area contributed by atoms with Gasteiger partial charge in [0.2, 0.25) is 6.43 Å². The first-order valence-electron chi connectivity index (χ1n) is 3.08. The molecule has 1 aliphatic carbocycles. The molecule has 0 amide bonds. The van der Waals surface area contributed by atoms with Gasteiger partial charge in [-0.2, -0.15) is 0 Å². The second-order valence-electron chi connectivity index (χ2n) is 2.68. The molecule has 0 aromatic heterocycles. The number of hydrogen-bond donors (Lipinski definition) is 1. The number of carboxylic acid groups (broad SMARTS) is 1. The molecule has 0 spiro atoms. The minimum absolute atomic E-state index is 0.409. The molecule has 0 atom stereocenters. The van der Waals surface area contributed by atoms with Gasteiger partial charge in [0, 0.05) is 6.42 Å². The van der Waals surface area contributed by atoms with E-state index in [2.05, 4.69) is 0 Å². The Balaban J connectivity index is 2.45. The van der Waals surface area contributed by atoms with Gasteiger partial charge in [-0.15, -0.1) is 0 Å². The first kappa shape index (κ1) is 7.44. The van der Waals surface area contributed by atoms with Crippen LogP contribution in [0.15, 0.2) is 0 Å². The molecule has 4 heteroatoms. The molecule has 0 aliphatic heterocycles. The second kappa shape index (κ2) is 2.18. The van der Waals surface area contributed by atoms with E-state index >= 15 is 0 Å². The molecular weight excluding hydrogens is 142 g/mol. The van der Waals surface area contributed by atoms with E-state index in [1.165, 1.54) is 0 Å². The van der Waals surface area contributed by atoms with E-state index in [1.807, 2.05) is 0 Å². The lowest BCUT2D eigenvalue weighted by molar-refractivity contribution is -0.145. The monoisotopic (exact) mass is 150 g/mol. The van der Waals surface area contributed by atoms with E-state index in [9.17, 15) is 13.6 Å². The van der Waals surface area contributed by atoms with E-state index in [0.29, 0.717) is 12.8 Å². The molecule has 1 N–H and O–H groups in total. The number of alkyl halides is 2. The van der Waals surface area contributed by atoms with Crippen LogP contribution in [-0.4, -0.2) is 17.5 Å². The summed E-state index contributed by atoms with van der Waals surface area (Å²) in [5, 5.41) is 8.42. The number of carbonyl (C=O) groups is 1. The van der Waals surface area contributed by atoms with Crippen molar-refractivity contribution in [2.24, 2.45) is 5.41 Å². The largest absolute Gasteiger partial charge is 0.481 e. The summed E-state index contributed by atoms with van der Waals surface area (Å²) in [6, 6.07) is 0. The highest BCUT2D eigenvalue weighted by Gasteiger charge is 2.51. The number of carboxylic acids is 1. The predicted molar refractivity (Wildman–Crippen MR) is 29.9 cm³/mol. The molecule has 10 heavy (non-hydrogen) atoms. The van der Waals surface area contributed by atoms with Crippen LogP contribution in [0.1, 0.15) is 19.3 Å². The molecular formula is C6H8F2O2. The fourth-order valence-electron chi connectivity index (χ4n) is 0.952. The first-order chi connectivity index (χ1) is 4.57. The minimum atomic E-state index is -2.49. The zero-order chi connectivity index (χ0) is 7.78. The van der Waals surface area contributed by atoms with Crippen molar-refractivity contribution in [3.63, 3.8) is 0 Å². The van der Waals surface area contributed by atoms with Crippen molar-refractivity contribution in [1.82, 2.24) is 0 Å². The summed E-state index contributed by atoms with van der Waals surface area (Å²) < 4.78 is 23.3. The van der Waals surface area contributed by atoms with Gasteiger partial charge in [-0.25, -0.2) is 8.78 Å². The van der Waals surface area contributed by atoms with Crippen LogP contribution < -0.4 is 0 Å². The van der Waals surface area contributed by atoms with Gasteiger partial charge in [0.15, 0.2) is 0 Å². The second-order valence-corrected chi connectivity index (χ2v) is 2.68. The number of hydrogen-bond acceptors (Lipinski definition) is 1. The van der Waals surface area contributed by atoms with Crippen LogP contribution in [-0.2, 0) is 4.79 Å². The zero-order valence-electron chi connectivity index (χ0n) is 5.31. The van der Waals surface area contributed by atoms with E-state index in [-0.39, 0.29) is 0 Å². The molecule has 1 fully saturated rings. The minimum Gasteiger partial charge on any atom is -0.481 e. The fraction of sp³-hybridized carbons (Fsp3) is 0.833. The highest BCUT2D eigenvalue weighted by atomic mass is 19.3. The van der Waals surface area contributed by atoms with Gasteiger partial charge in [-0.1, -0.05) is 0 Å². The highest BCUT2D eigenvalue weighted by molar-refractivity contribution is 5.77. The molecule has 0 bridgehead atoms. The molecule has 1 aliphatic rings. The van der Waals surface area contributed by atoms with Crippen LogP contribution in [0, 0.1) is 5.41 Å². The Hall–Kier alpha value is -0.670. The fourth-order valence-corrected chi connectivity index (χ4v) is 0.952. The van der Waals surface area contributed by atoms with Crippen LogP contribution in [0.4, 0.5) is 8.78 Å². The summed E-state index contributed by atoms with van der Waals surface area (Å²) >= 11 is 0. The van der Waals surface area contributed by atoms with Crippen molar-refractivity contribution < 1.29 is 18.7 Å². The number of halogens is 2. The Morgan fingerprint density at radius 3 is 2.20 bits per heavy atom. The van der Waals surface area contributed by atoms with Gasteiger partial charge in [0.1, 0.15) is 0 Å². The lowest BCUT2D eigenvalue weighted by Crippen LogP contribution is -2.17. The Labute approximate surface area is 56.8 Å². The van der Waals surface area contributed by atoms with Crippen molar-refractivity contribution in [2.45, 2.75) is 25.7 Å². The Kier molecular flexibility index (Phi) is 1.62. The maximum absolute atomic E-state index is 11.7. The predicted octanol–water partition coefficient (Wildman–Crippen LogP) is 1.51. The molecule has 1 rings (SSSR count). The Bertz CT molecular complexity index is 152. The van der Waals surface area contributed by atoms with Crippen molar-refractivity contribution in [1.29, 1.82) is 0 Å². The van der Waals surface area contributed by atoms with Crippen LogP contribution in [0.2, 0.25) is 0 Å². The lowest BCUT2D eigenvalue weighted by Gasteiger charge is -2.06. The van der Waals surface area contributed by atoms with Crippen LogP contribution in [0.3, 0.4) is 0 Å². The maximum atomic E-state index is 11.7. The molecule has 0 aromatic carbocycles. The van der Waals surface area contributed by atoms with E-state index < -0.39 is 24.2 Å². The molecule has 0 aromatic rings. The molecule has 0 saturated heterocycles. The average Bonchev–Trinajstić information content (AvgIpc) is 2.46. The van der Waals surface area contributed by atoms with E-state index in [1.54, 1.807) is 0 Å². The molecule has 0 heterocycles. The molecule has 1 saturated carbocycles. The lowest BCUT2D eigenvalue weighted by atomic mass is 10.0. The topological polar surface area (TPSA) is 37.3 Å². The quantitative estimate of drug-likeness (QED) is 0.662. The molecule has 0 unspecified atom stereocenters. The number of rotatable bonds is 3. The van der Waals surface area contributed by atoms with Gasteiger partial charge < -0.3 is 5.11 Å². The summed E-state index contributed by atoms with van der Waals surface area (Å²) in [7, 11) is 0. The summed E-state index contributed by atoms with van der Waals surface area (Å²) in [6.07, 6.45) is -2.15. The Morgan fingerprint density at radius 1 is 1.60 bits per heavy atom. The third-order valence-corrected chi connectivity index (χ3v) is 1.85. The normalized spacial score (nSPS) is 21.1. The maximum Gasteiger partial charge on any atom is 0.309 e. The molecule has 2 nitrogen and oxygen atoms in total.